The molecule has 0 aliphatic heterocycles. The van der Waals surface area contributed by atoms with Crippen LogP contribution in [0.2, 0.25) is 0 Å². The highest BCUT2D eigenvalue weighted by Gasteiger charge is 2.07. The zero-order valence-electron chi connectivity index (χ0n) is 9.08. The van der Waals surface area contributed by atoms with Crippen molar-refractivity contribution in [3.8, 4) is 0 Å². The first kappa shape index (κ1) is 9.99. The van der Waals surface area contributed by atoms with E-state index < -0.39 is 0 Å². The van der Waals surface area contributed by atoms with Crippen LogP contribution in [-0.2, 0) is 0 Å². The quantitative estimate of drug-likeness (QED) is 0.825. The maximum Gasteiger partial charge on any atom is 0.134 e. The molecule has 2 heteroatoms. The van der Waals surface area contributed by atoms with Gasteiger partial charge in [-0.05, 0) is 37.2 Å². The molecule has 0 unspecified atom stereocenters. The molecule has 0 saturated carbocycles. The van der Waals surface area contributed by atoms with Crippen molar-refractivity contribution >= 4 is 16.5 Å². The van der Waals surface area contributed by atoms with Crippen molar-refractivity contribution in [3.63, 3.8) is 0 Å². The third-order valence-corrected chi connectivity index (χ3v) is 2.78. The van der Waals surface area contributed by atoms with Crippen molar-refractivity contribution in [3.05, 3.63) is 42.7 Å². The van der Waals surface area contributed by atoms with E-state index in [1.165, 1.54) is 0 Å². The Morgan fingerprint density at radius 2 is 2.20 bits per heavy atom. The maximum atomic E-state index is 5.36. The fourth-order valence-electron chi connectivity index (χ4n) is 1.58. The highest BCUT2D eigenvalue weighted by atomic mass is 16.3. The fourth-order valence-corrected chi connectivity index (χ4v) is 1.58. The number of likely N-dealkylation sites (N-methyl/N-ethyl adjacent to an activating group) is 1. The molecule has 0 aliphatic rings. The smallest absolute Gasteiger partial charge is 0.134 e. The maximum absolute atomic E-state index is 5.36. The molecule has 2 aromatic rings. The first-order chi connectivity index (χ1) is 7.22. The molecular weight excluding hydrogens is 186 g/mol. The lowest BCUT2D eigenvalue weighted by molar-refractivity contribution is 0.615. The van der Waals surface area contributed by atoms with Crippen LogP contribution in [0.15, 0.2) is 41.5 Å². The van der Waals surface area contributed by atoms with Gasteiger partial charge in [0.2, 0.25) is 0 Å². The van der Waals surface area contributed by atoms with Gasteiger partial charge in [-0.2, -0.15) is 0 Å². The van der Waals surface area contributed by atoms with Crippen LogP contribution in [0.25, 0.3) is 16.5 Å². The van der Waals surface area contributed by atoms with Crippen LogP contribution in [0, 0.1) is 0 Å². The van der Waals surface area contributed by atoms with Gasteiger partial charge >= 0.3 is 0 Å². The predicted molar refractivity (Wildman–Crippen MR) is 63.8 cm³/mol. The lowest BCUT2D eigenvalue weighted by Crippen LogP contribution is -2.22. The number of hydrogen-bond acceptors (Lipinski definition) is 2. The SMILES string of the molecule is C=C(c1ccc2ccoc2c1)[C@@H](C)NC. The molecule has 0 spiro atoms. The Morgan fingerprint density at radius 1 is 1.40 bits per heavy atom. The number of benzene rings is 1. The zero-order chi connectivity index (χ0) is 10.8. The van der Waals surface area contributed by atoms with Gasteiger partial charge in [0.1, 0.15) is 5.58 Å². The van der Waals surface area contributed by atoms with Crippen LogP contribution in [-0.4, -0.2) is 13.1 Å². The van der Waals surface area contributed by atoms with Crippen LogP contribution in [0.5, 0.6) is 0 Å². The number of fused-ring (bicyclic) bond motifs is 1. The summed E-state index contributed by atoms with van der Waals surface area (Å²) in [6, 6.07) is 8.40. The fraction of sp³-hybridized carbons (Fsp3) is 0.231. The molecule has 78 valence electrons. The average Bonchev–Trinajstić information content (AvgIpc) is 2.73. The van der Waals surface area contributed by atoms with Crippen molar-refractivity contribution in [2.45, 2.75) is 13.0 Å². The van der Waals surface area contributed by atoms with Crippen LogP contribution < -0.4 is 5.32 Å². The molecule has 1 aromatic heterocycles. The summed E-state index contributed by atoms with van der Waals surface area (Å²) >= 11 is 0. The van der Waals surface area contributed by atoms with Crippen molar-refractivity contribution in [2.75, 3.05) is 7.05 Å². The lowest BCUT2D eigenvalue weighted by Gasteiger charge is -2.13. The topological polar surface area (TPSA) is 25.2 Å². The summed E-state index contributed by atoms with van der Waals surface area (Å²) in [5, 5.41) is 4.30. The van der Waals surface area contributed by atoms with Crippen molar-refractivity contribution in [1.82, 2.24) is 5.32 Å². The summed E-state index contributed by atoms with van der Waals surface area (Å²) in [5.74, 6) is 0. The van der Waals surface area contributed by atoms with Crippen LogP contribution in [0.1, 0.15) is 12.5 Å². The second kappa shape index (κ2) is 3.91. The van der Waals surface area contributed by atoms with Gasteiger partial charge in [-0.3, -0.25) is 0 Å². The van der Waals surface area contributed by atoms with Crippen molar-refractivity contribution < 1.29 is 4.42 Å². The Kier molecular flexibility index (Phi) is 2.60. The molecule has 15 heavy (non-hydrogen) atoms. The number of hydrogen-bond donors (Lipinski definition) is 1. The Morgan fingerprint density at radius 3 is 2.93 bits per heavy atom. The second-order valence-corrected chi connectivity index (χ2v) is 3.71. The van der Waals surface area contributed by atoms with E-state index in [4.69, 9.17) is 4.42 Å². The summed E-state index contributed by atoms with van der Waals surface area (Å²) in [4.78, 5) is 0. The van der Waals surface area contributed by atoms with E-state index in [2.05, 4.69) is 31.0 Å². The minimum atomic E-state index is 0.275. The molecule has 1 heterocycles. The molecule has 0 bridgehead atoms. The van der Waals surface area contributed by atoms with E-state index in [1.807, 2.05) is 19.2 Å². The third-order valence-electron chi connectivity index (χ3n) is 2.78. The molecule has 2 rings (SSSR count). The van der Waals surface area contributed by atoms with Crippen molar-refractivity contribution in [2.24, 2.45) is 0 Å². The van der Waals surface area contributed by atoms with Gasteiger partial charge in [0.05, 0.1) is 6.26 Å². The van der Waals surface area contributed by atoms with E-state index in [-0.39, 0.29) is 6.04 Å². The first-order valence-electron chi connectivity index (χ1n) is 5.06. The molecule has 0 radical (unpaired) electrons. The summed E-state index contributed by atoms with van der Waals surface area (Å²) in [7, 11) is 1.93. The van der Waals surface area contributed by atoms with Gasteiger partial charge in [0, 0.05) is 11.4 Å². The van der Waals surface area contributed by atoms with E-state index in [0.717, 1.165) is 22.1 Å². The molecule has 0 aliphatic carbocycles. The highest BCUT2D eigenvalue weighted by molar-refractivity contribution is 5.82. The van der Waals surface area contributed by atoms with E-state index in [0.29, 0.717) is 0 Å². The summed E-state index contributed by atoms with van der Waals surface area (Å²) in [6.45, 7) is 6.17. The minimum Gasteiger partial charge on any atom is -0.464 e. The molecule has 0 saturated heterocycles. The highest BCUT2D eigenvalue weighted by Crippen LogP contribution is 2.22. The summed E-state index contributed by atoms with van der Waals surface area (Å²) in [5.41, 5.74) is 3.12. The largest absolute Gasteiger partial charge is 0.464 e. The molecule has 1 atom stereocenters. The van der Waals surface area contributed by atoms with Gasteiger partial charge in [-0.15, -0.1) is 0 Å². The Balaban J connectivity index is 2.39. The second-order valence-electron chi connectivity index (χ2n) is 3.71. The zero-order valence-corrected chi connectivity index (χ0v) is 9.08. The Bertz CT molecular complexity index is 484. The Labute approximate surface area is 89.6 Å². The summed E-state index contributed by atoms with van der Waals surface area (Å²) in [6.07, 6.45) is 1.71. The molecule has 0 fully saturated rings. The van der Waals surface area contributed by atoms with Gasteiger partial charge in [-0.1, -0.05) is 18.7 Å². The number of nitrogens with one attached hydrogen (secondary N) is 1. The summed E-state index contributed by atoms with van der Waals surface area (Å²) < 4.78 is 5.36. The first-order valence-corrected chi connectivity index (χ1v) is 5.06. The van der Waals surface area contributed by atoms with Crippen LogP contribution in [0.3, 0.4) is 0 Å². The number of rotatable bonds is 3. The van der Waals surface area contributed by atoms with Gasteiger partial charge in [-0.25, -0.2) is 0 Å². The molecule has 0 amide bonds. The van der Waals surface area contributed by atoms with Gasteiger partial charge in [0.25, 0.3) is 0 Å². The minimum absolute atomic E-state index is 0.275. The third kappa shape index (κ3) is 1.81. The lowest BCUT2D eigenvalue weighted by atomic mass is 10.0. The molecule has 2 nitrogen and oxygen atoms in total. The van der Waals surface area contributed by atoms with E-state index in [9.17, 15) is 0 Å². The van der Waals surface area contributed by atoms with Crippen LogP contribution in [0.4, 0.5) is 0 Å². The van der Waals surface area contributed by atoms with E-state index >= 15 is 0 Å². The normalized spacial score (nSPS) is 12.9. The molecule has 1 aromatic carbocycles. The molecular formula is C13H15NO. The van der Waals surface area contributed by atoms with Gasteiger partial charge in [0.15, 0.2) is 0 Å². The predicted octanol–water partition coefficient (Wildman–Crippen LogP) is 3.05. The van der Waals surface area contributed by atoms with Gasteiger partial charge < -0.3 is 9.73 Å². The Hall–Kier alpha value is -1.54. The number of furan rings is 1. The molecule has 1 N–H and O–H groups in total. The van der Waals surface area contributed by atoms with Crippen LogP contribution >= 0.6 is 0 Å². The standard InChI is InChI=1S/C13H15NO/c1-9(10(2)14-3)12-5-4-11-6-7-15-13(11)8-12/h4-8,10,14H,1H2,2-3H3/t10-/m1/s1. The van der Waals surface area contributed by atoms with E-state index in [1.54, 1.807) is 6.26 Å². The van der Waals surface area contributed by atoms with Crippen molar-refractivity contribution in [1.29, 1.82) is 0 Å². The average molecular weight is 201 g/mol. The monoisotopic (exact) mass is 201 g/mol.